The molecule has 6 nitrogen and oxygen atoms in total. The van der Waals surface area contributed by atoms with Crippen LogP contribution in [-0.2, 0) is 15.8 Å². The van der Waals surface area contributed by atoms with Crippen LogP contribution >= 0.6 is 0 Å². The van der Waals surface area contributed by atoms with Crippen LogP contribution in [0.4, 0.5) is 32.0 Å². The molecular formula is C16H8F6NO5-. The van der Waals surface area contributed by atoms with E-state index in [4.69, 9.17) is 4.74 Å². The quantitative estimate of drug-likeness (QED) is 0.621. The Kier molecular flexibility index (Phi) is 5.71. The molecule has 0 heterocycles. The van der Waals surface area contributed by atoms with Gasteiger partial charge in [-0.05, 0) is 36.4 Å². The van der Waals surface area contributed by atoms with E-state index < -0.39 is 47.2 Å². The molecule has 150 valence electrons. The molecule has 0 aliphatic carbocycles. The molecular weight excluding hydrogens is 400 g/mol. The lowest BCUT2D eigenvalue weighted by Gasteiger charge is -2.14. The van der Waals surface area contributed by atoms with E-state index in [1.165, 1.54) is 0 Å². The summed E-state index contributed by atoms with van der Waals surface area (Å²) in [5, 5.41) is 12.1. The Balaban J connectivity index is 2.28. The van der Waals surface area contributed by atoms with Crippen molar-refractivity contribution in [2.45, 2.75) is 12.5 Å². The molecule has 2 aromatic rings. The molecule has 0 aliphatic heterocycles. The van der Waals surface area contributed by atoms with Gasteiger partial charge in [0.25, 0.3) is 5.91 Å². The van der Waals surface area contributed by atoms with E-state index >= 15 is 0 Å². The highest BCUT2D eigenvalue weighted by Crippen LogP contribution is 2.36. The van der Waals surface area contributed by atoms with E-state index in [1.807, 2.05) is 0 Å². The molecule has 1 N–H and O–H groups in total. The van der Waals surface area contributed by atoms with E-state index in [0.29, 0.717) is 12.1 Å². The van der Waals surface area contributed by atoms with Gasteiger partial charge in [-0.2, -0.15) is 13.2 Å². The molecule has 0 radical (unpaired) electrons. The number of ether oxygens (including phenoxy) is 2. The van der Waals surface area contributed by atoms with Crippen molar-refractivity contribution >= 4 is 17.6 Å². The van der Waals surface area contributed by atoms with Crippen molar-refractivity contribution in [2.24, 2.45) is 0 Å². The van der Waals surface area contributed by atoms with Gasteiger partial charge in [-0.15, -0.1) is 13.2 Å². The number of carboxylic acid groups (broad SMARTS) is 1. The second kappa shape index (κ2) is 7.66. The van der Waals surface area contributed by atoms with Crippen LogP contribution in [0.2, 0.25) is 0 Å². The number of hydrogen-bond acceptors (Lipinski definition) is 5. The second-order valence-corrected chi connectivity index (χ2v) is 5.11. The first-order chi connectivity index (χ1) is 12.8. The SMILES string of the molecule is O=C([O-])C(=O)Nc1cc(Oc2ccc(OC(F)(F)F)cc2)cc(C(F)(F)F)c1. The van der Waals surface area contributed by atoms with Gasteiger partial charge in [-0.25, -0.2) is 0 Å². The Bertz CT molecular complexity index is 877. The normalized spacial score (nSPS) is 11.6. The second-order valence-electron chi connectivity index (χ2n) is 5.11. The van der Waals surface area contributed by atoms with Gasteiger partial charge in [-0.1, -0.05) is 0 Å². The number of hydrogen-bond donors (Lipinski definition) is 1. The zero-order valence-corrected chi connectivity index (χ0v) is 13.4. The highest BCUT2D eigenvalue weighted by Gasteiger charge is 2.32. The Labute approximate surface area is 152 Å². The maximum atomic E-state index is 13.0. The number of anilines is 1. The van der Waals surface area contributed by atoms with Gasteiger partial charge >= 0.3 is 12.5 Å². The highest BCUT2D eigenvalue weighted by atomic mass is 19.4. The van der Waals surface area contributed by atoms with Gasteiger partial charge in [0.2, 0.25) is 0 Å². The molecule has 2 rings (SSSR count). The number of carboxylic acids is 1. The molecule has 0 aromatic heterocycles. The van der Waals surface area contributed by atoms with Gasteiger partial charge < -0.3 is 24.7 Å². The van der Waals surface area contributed by atoms with E-state index in [0.717, 1.165) is 30.3 Å². The fourth-order valence-corrected chi connectivity index (χ4v) is 1.92. The summed E-state index contributed by atoms with van der Waals surface area (Å²) in [6.45, 7) is 0. The number of alkyl halides is 6. The Morgan fingerprint density at radius 3 is 1.93 bits per heavy atom. The van der Waals surface area contributed by atoms with Crippen LogP contribution in [0, 0.1) is 0 Å². The first-order valence-corrected chi connectivity index (χ1v) is 7.12. The molecule has 0 unspecified atom stereocenters. The zero-order valence-electron chi connectivity index (χ0n) is 13.4. The summed E-state index contributed by atoms with van der Waals surface area (Å²) in [5.74, 6) is -5.04. The molecule has 1 amide bonds. The van der Waals surface area contributed by atoms with Crippen LogP contribution in [0.25, 0.3) is 0 Å². The first kappa shape index (κ1) is 20.9. The number of halogens is 6. The van der Waals surface area contributed by atoms with Crippen molar-refractivity contribution in [2.75, 3.05) is 5.32 Å². The van der Waals surface area contributed by atoms with E-state index in [9.17, 15) is 41.0 Å². The summed E-state index contributed by atoms with van der Waals surface area (Å²) in [5.41, 5.74) is -1.81. The number of benzene rings is 2. The molecule has 0 bridgehead atoms. The van der Waals surface area contributed by atoms with Gasteiger partial charge in [0.05, 0.1) is 5.56 Å². The van der Waals surface area contributed by atoms with Crippen molar-refractivity contribution in [3.8, 4) is 17.2 Å². The third kappa shape index (κ3) is 6.07. The van der Waals surface area contributed by atoms with E-state index in [-0.39, 0.29) is 5.75 Å². The van der Waals surface area contributed by atoms with Crippen molar-refractivity contribution in [1.29, 1.82) is 0 Å². The minimum absolute atomic E-state index is 0.147. The van der Waals surface area contributed by atoms with Crippen molar-refractivity contribution in [3.63, 3.8) is 0 Å². The largest absolute Gasteiger partial charge is 0.573 e. The van der Waals surface area contributed by atoms with Crippen LogP contribution in [0.5, 0.6) is 17.2 Å². The number of rotatable bonds is 4. The Hall–Kier alpha value is -3.44. The van der Waals surface area contributed by atoms with Crippen LogP contribution in [-0.4, -0.2) is 18.2 Å². The molecule has 0 atom stereocenters. The molecule has 0 saturated heterocycles. The fourth-order valence-electron chi connectivity index (χ4n) is 1.92. The number of carbonyl (C=O) groups excluding carboxylic acids is 2. The maximum Gasteiger partial charge on any atom is 0.573 e. The monoisotopic (exact) mass is 408 g/mol. The average Bonchev–Trinajstić information content (AvgIpc) is 2.54. The Morgan fingerprint density at radius 1 is 0.857 bits per heavy atom. The number of amides is 1. The number of aliphatic carboxylic acids is 1. The lowest BCUT2D eigenvalue weighted by Crippen LogP contribution is -2.36. The summed E-state index contributed by atoms with van der Waals surface area (Å²) in [6, 6.07) is 5.64. The minimum atomic E-state index is -4.92. The van der Waals surface area contributed by atoms with Crippen LogP contribution in [0.1, 0.15) is 5.56 Å². The predicted octanol–water partition coefficient (Wildman–Crippen LogP) is 3.08. The highest BCUT2D eigenvalue weighted by molar-refractivity contribution is 6.35. The van der Waals surface area contributed by atoms with Gasteiger partial charge in [0.1, 0.15) is 23.2 Å². The summed E-state index contributed by atoms with van der Waals surface area (Å²) in [7, 11) is 0. The summed E-state index contributed by atoms with van der Waals surface area (Å²) in [6.07, 6.45) is -9.78. The van der Waals surface area contributed by atoms with E-state index in [1.54, 1.807) is 5.32 Å². The Morgan fingerprint density at radius 2 is 1.43 bits per heavy atom. The third-order valence-electron chi connectivity index (χ3n) is 2.97. The smallest absolute Gasteiger partial charge is 0.540 e. The van der Waals surface area contributed by atoms with Crippen molar-refractivity contribution in [3.05, 3.63) is 48.0 Å². The van der Waals surface area contributed by atoms with Crippen LogP contribution < -0.4 is 19.9 Å². The first-order valence-electron chi connectivity index (χ1n) is 7.12. The van der Waals surface area contributed by atoms with Crippen LogP contribution in [0.15, 0.2) is 42.5 Å². The molecule has 0 saturated carbocycles. The lowest BCUT2D eigenvalue weighted by molar-refractivity contribution is -0.299. The van der Waals surface area contributed by atoms with Crippen molar-refractivity contribution < 1.29 is 50.5 Å². The minimum Gasteiger partial charge on any atom is -0.540 e. The average molecular weight is 408 g/mol. The van der Waals surface area contributed by atoms with Gasteiger partial charge in [0, 0.05) is 11.8 Å². The molecule has 28 heavy (non-hydrogen) atoms. The van der Waals surface area contributed by atoms with E-state index in [2.05, 4.69) is 4.74 Å². The molecule has 12 heteroatoms. The van der Waals surface area contributed by atoms with Gasteiger partial charge in [-0.3, -0.25) is 4.79 Å². The molecule has 2 aromatic carbocycles. The van der Waals surface area contributed by atoms with Crippen LogP contribution in [0.3, 0.4) is 0 Å². The summed E-state index contributed by atoms with van der Waals surface area (Å²) >= 11 is 0. The lowest BCUT2D eigenvalue weighted by atomic mass is 10.1. The molecule has 0 fully saturated rings. The topological polar surface area (TPSA) is 87.7 Å². The molecule has 0 aliphatic rings. The number of carbonyl (C=O) groups is 2. The fraction of sp³-hybridized carbons (Fsp3) is 0.125. The number of nitrogens with one attached hydrogen (secondary N) is 1. The summed E-state index contributed by atoms with van der Waals surface area (Å²) in [4.78, 5) is 21.5. The summed E-state index contributed by atoms with van der Waals surface area (Å²) < 4.78 is 84.0. The predicted molar refractivity (Wildman–Crippen MR) is 78.3 cm³/mol. The standard InChI is InChI=1S/C16H9F6NO5/c17-15(18,19)8-5-9(23-13(24)14(25)26)7-12(6-8)27-10-1-3-11(4-2-10)28-16(20,21)22/h1-7H,(H,23,24)(H,25,26)/p-1. The van der Waals surface area contributed by atoms with Crippen molar-refractivity contribution in [1.82, 2.24) is 0 Å². The zero-order chi connectivity index (χ0) is 21.1. The molecule has 0 spiro atoms. The van der Waals surface area contributed by atoms with Gasteiger partial charge in [0.15, 0.2) is 0 Å². The third-order valence-corrected chi connectivity index (χ3v) is 2.97. The maximum absolute atomic E-state index is 13.0.